The van der Waals surface area contributed by atoms with Crippen molar-refractivity contribution in [1.29, 1.82) is 0 Å². The number of piperidine rings is 1. The van der Waals surface area contributed by atoms with Crippen molar-refractivity contribution < 1.29 is 0 Å². The molecule has 2 aromatic heterocycles. The SMILES string of the molecule is NC[C@@H]1CCCN(Cc2ccc(-c3nc(-c4cccnc4)cc(=O)[nH]3)cc2)C1. The normalized spacial score (nSPS) is 17.5. The molecule has 6 heteroatoms. The van der Waals surface area contributed by atoms with Crippen LogP contribution in [0.25, 0.3) is 22.6 Å². The number of likely N-dealkylation sites (tertiary alicyclic amines) is 1. The summed E-state index contributed by atoms with van der Waals surface area (Å²) in [7, 11) is 0. The van der Waals surface area contributed by atoms with Crippen molar-refractivity contribution in [2.75, 3.05) is 19.6 Å². The zero-order valence-corrected chi connectivity index (χ0v) is 15.8. The van der Waals surface area contributed by atoms with Gasteiger partial charge >= 0.3 is 0 Å². The van der Waals surface area contributed by atoms with Crippen LogP contribution in [0.15, 0.2) is 59.7 Å². The van der Waals surface area contributed by atoms with E-state index in [4.69, 9.17) is 5.73 Å². The summed E-state index contributed by atoms with van der Waals surface area (Å²) in [6.07, 6.45) is 5.86. The fourth-order valence-electron chi connectivity index (χ4n) is 3.77. The Morgan fingerprint density at radius 1 is 1.18 bits per heavy atom. The summed E-state index contributed by atoms with van der Waals surface area (Å²) >= 11 is 0. The van der Waals surface area contributed by atoms with Gasteiger partial charge in [0.05, 0.1) is 5.69 Å². The molecule has 0 aliphatic carbocycles. The van der Waals surface area contributed by atoms with Crippen LogP contribution in [-0.4, -0.2) is 39.5 Å². The lowest BCUT2D eigenvalue weighted by molar-refractivity contribution is 0.171. The Balaban J connectivity index is 1.53. The molecule has 3 aromatic rings. The number of hydrogen-bond donors (Lipinski definition) is 2. The van der Waals surface area contributed by atoms with E-state index >= 15 is 0 Å². The van der Waals surface area contributed by atoms with E-state index in [-0.39, 0.29) is 5.56 Å². The van der Waals surface area contributed by atoms with Gasteiger partial charge in [-0.25, -0.2) is 4.98 Å². The topological polar surface area (TPSA) is 87.9 Å². The third kappa shape index (κ3) is 4.35. The molecule has 1 atom stereocenters. The highest BCUT2D eigenvalue weighted by atomic mass is 16.1. The third-order valence-electron chi connectivity index (χ3n) is 5.27. The van der Waals surface area contributed by atoms with E-state index in [0.717, 1.165) is 37.3 Å². The Kier molecular flexibility index (Phi) is 5.60. The van der Waals surface area contributed by atoms with Crippen LogP contribution in [0.3, 0.4) is 0 Å². The number of hydrogen-bond acceptors (Lipinski definition) is 5. The van der Waals surface area contributed by atoms with Crippen LogP contribution in [0.4, 0.5) is 0 Å². The first-order chi connectivity index (χ1) is 13.7. The zero-order chi connectivity index (χ0) is 19.3. The number of pyridine rings is 1. The van der Waals surface area contributed by atoms with Crippen molar-refractivity contribution in [2.24, 2.45) is 11.7 Å². The maximum Gasteiger partial charge on any atom is 0.251 e. The second-order valence-corrected chi connectivity index (χ2v) is 7.40. The van der Waals surface area contributed by atoms with Gasteiger partial charge in [-0.3, -0.25) is 14.7 Å². The first kappa shape index (κ1) is 18.5. The summed E-state index contributed by atoms with van der Waals surface area (Å²) < 4.78 is 0. The predicted molar refractivity (Wildman–Crippen MR) is 111 cm³/mol. The molecule has 1 aliphatic rings. The molecule has 4 rings (SSSR count). The van der Waals surface area contributed by atoms with Crippen molar-refractivity contribution in [3.8, 4) is 22.6 Å². The van der Waals surface area contributed by atoms with Gasteiger partial charge in [-0.15, -0.1) is 0 Å². The fourth-order valence-corrected chi connectivity index (χ4v) is 3.77. The summed E-state index contributed by atoms with van der Waals surface area (Å²) in [5.74, 6) is 1.18. The lowest BCUT2D eigenvalue weighted by Crippen LogP contribution is -2.37. The van der Waals surface area contributed by atoms with Gasteiger partial charge in [0.1, 0.15) is 5.82 Å². The van der Waals surface area contributed by atoms with E-state index in [1.165, 1.54) is 24.5 Å². The smallest absolute Gasteiger partial charge is 0.251 e. The molecule has 1 aliphatic heterocycles. The number of aromatic amines is 1. The van der Waals surface area contributed by atoms with Crippen LogP contribution in [0.5, 0.6) is 0 Å². The number of H-pyrrole nitrogens is 1. The van der Waals surface area contributed by atoms with Gasteiger partial charge in [0.15, 0.2) is 0 Å². The molecule has 1 saturated heterocycles. The number of benzene rings is 1. The predicted octanol–water partition coefficient (Wildman–Crippen LogP) is 2.67. The van der Waals surface area contributed by atoms with Gasteiger partial charge in [0.25, 0.3) is 5.56 Å². The minimum absolute atomic E-state index is 0.172. The van der Waals surface area contributed by atoms with Gasteiger partial charge in [-0.05, 0) is 49.5 Å². The van der Waals surface area contributed by atoms with Crippen LogP contribution >= 0.6 is 0 Å². The number of nitrogens with two attached hydrogens (primary N) is 1. The van der Waals surface area contributed by atoms with Crippen LogP contribution in [0, 0.1) is 5.92 Å². The van der Waals surface area contributed by atoms with Gasteiger partial charge in [0.2, 0.25) is 0 Å². The fraction of sp³-hybridized carbons (Fsp3) is 0.318. The summed E-state index contributed by atoms with van der Waals surface area (Å²) in [6.45, 7) is 3.89. The molecule has 0 spiro atoms. The number of rotatable bonds is 5. The molecule has 0 unspecified atom stereocenters. The standard InChI is InChI=1S/C22H25N5O/c23-12-17-3-2-10-27(15-17)14-16-5-7-18(8-6-16)22-25-20(11-21(28)26-22)19-4-1-9-24-13-19/h1,4-9,11,13,17H,2-3,10,12,14-15,23H2,(H,25,26,28)/t17-/m0/s1. The largest absolute Gasteiger partial charge is 0.330 e. The maximum atomic E-state index is 12.1. The quantitative estimate of drug-likeness (QED) is 0.716. The summed E-state index contributed by atoms with van der Waals surface area (Å²) in [6, 6.07) is 13.5. The zero-order valence-electron chi connectivity index (χ0n) is 15.8. The summed E-state index contributed by atoms with van der Waals surface area (Å²) in [4.78, 5) is 26.1. The van der Waals surface area contributed by atoms with E-state index in [2.05, 4.69) is 32.0 Å². The average molecular weight is 375 g/mol. The summed E-state index contributed by atoms with van der Waals surface area (Å²) in [5, 5.41) is 0. The van der Waals surface area contributed by atoms with Gasteiger partial charge in [0, 0.05) is 42.7 Å². The van der Waals surface area contributed by atoms with Gasteiger partial charge < -0.3 is 10.7 Å². The van der Waals surface area contributed by atoms with E-state index in [0.29, 0.717) is 17.4 Å². The Morgan fingerprint density at radius 2 is 2.04 bits per heavy atom. The molecule has 0 bridgehead atoms. The molecule has 0 saturated carbocycles. The molecule has 3 heterocycles. The molecule has 0 amide bonds. The number of nitrogens with one attached hydrogen (secondary N) is 1. The molecule has 6 nitrogen and oxygen atoms in total. The molecular formula is C22H25N5O. The van der Waals surface area contributed by atoms with Crippen molar-refractivity contribution in [3.05, 3.63) is 70.8 Å². The van der Waals surface area contributed by atoms with Crippen LogP contribution in [0.1, 0.15) is 18.4 Å². The molecule has 28 heavy (non-hydrogen) atoms. The van der Waals surface area contributed by atoms with Gasteiger partial charge in [-0.1, -0.05) is 24.3 Å². The molecule has 1 fully saturated rings. The third-order valence-corrected chi connectivity index (χ3v) is 5.27. The average Bonchev–Trinajstić information content (AvgIpc) is 2.74. The highest BCUT2D eigenvalue weighted by Crippen LogP contribution is 2.21. The number of nitrogens with zero attached hydrogens (tertiary/aromatic N) is 3. The second kappa shape index (κ2) is 8.46. The van der Waals surface area contributed by atoms with E-state index in [1.54, 1.807) is 12.4 Å². The molecule has 0 radical (unpaired) electrons. The van der Waals surface area contributed by atoms with Crippen molar-refractivity contribution in [2.45, 2.75) is 19.4 Å². The monoisotopic (exact) mass is 375 g/mol. The maximum absolute atomic E-state index is 12.1. The van der Waals surface area contributed by atoms with E-state index in [1.807, 2.05) is 24.3 Å². The van der Waals surface area contributed by atoms with Crippen LogP contribution < -0.4 is 11.3 Å². The lowest BCUT2D eigenvalue weighted by Gasteiger charge is -2.32. The van der Waals surface area contributed by atoms with Crippen LogP contribution in [0.2, 0.25) is 0 Å². The number of aromatic nitrogens is 3. The molecule has 3 N–H and O–H groups in total. The minimum atomic E-state index is -0.172. The highest BCUT2D eigenvalue weighted by molar-refractivity contribution is 5.62. The highest BCUT2D eigenvalue weighted by Gasteiger charge is 2.18. The Labute approximate surface area is 164 Å². The van der Waals surface area contributed by atoms with Gasteiger partial charge in [-0.2, -0.15) is 0 Å². The van der Waals surface area contributed by atoms with Crippen molar-refractivity contribution in [3.63, 3.8) is 0 Å². The van der Waals surface area contributed by atoms with E-state index in [9.17, 15) is 4.79 Å². The first-order valence-corrected chi connectivity index (χ1v) is 9.75. The molecular weight excluding hydrogens is 350 g/mol. The second-order valence-electron chi connectivity index (χ2n) is 7.40. The first-order valence-electron chi connectivity index (χ1n) is 9.75. The molecule has 1 aromatic carbocycles. The van der Waals surface area contributed by atoms with E-state index < -0.39 is 0 Å². The van der Waals surface area contributed by atoms with Crippen LogP contribution in [-0.2, 0) is 6.54 Å². The van der Waals surface area contributed by atoms with Crippen molar-refractivity contribution >= 4 is 0 Å². The van der Waals surface area contributed by atoms with Crippen molar-refractivity contribution in [1.82, 2.24) is 19.9 Å². The minimum Gasteiger partial charge on any atom is -0.330 e. The Morgan fingerprint density at radius 3 is 2.79 bits per heavy atom. The Bertz CT molecular complexity index is 968. The lowest BCUT2D eigenvalue weighted by atomic mass is 9.98. The summed E-state index contributed by atoms with van der Waals surface area (Å²) in [5.41, 5.74) is 9.27. The molecule has 144 valence electrons. The Hall–Kier alpha value is -2.83.